The lowest BCUT2D eigenvalue weighted by atomic mass is 9.45. The van der Waals surface area contributed by atoms with Gasteiger partial charge in [-0.25, -0.2) is 9.59 Å². The van der Waals surface area contributed by atoms with Gasteiger partial charge < -0.3 is 48.1 Å². The van der Waals surface area contributed by atoms with E-state index in [0.717, 1.165) is 48.5 Å². The molecule has 4 aliphatic rings. The molecule has 1 spiro atoms. The second-order valence-corrected chi connectivity index (χ2v) is 14.8. The number of aromatic nitrogens is 1. The second kappa shape index (κ2) is 14.2. The van der Waals surface area contributed by atoms with Crippen LogP contribution in [0.2, 0.25) is 0 Å². The van der Waals surface area contributed by atoms with Crippen molar-refractivity contribution in [1.82, 2.24) is 4.98 Å². The number of rotatable bonds is 6. The van der Waals surface area contributed by atoms with E-state index in [-0.39, 0.29) is 17.7 Å². The van der Waals surface area contributed by atoms with E-state index >= 15 is 4.79 Å². The highest BCUT2D eigenvalue weighted by Crippen LogP contribution is 2.69. The smallest absolute Gasteiger partial charge is 0.340 e. The Labute approximate surface area is 314 Å². The number of ether oxygens (including phenoxy) is 8. The molecule has 11 atom stereocenters. The number of pyridine rings is 1. The number of hydrogen-bond donors (Lipinski definition) is 2. The standard InChI is InChI=1S/C36H43NO18/c1-16(38)48-15-35-27(52-19(4)41)24(43)23-26(51-18(3)40)36(35)34(8,47)28(25(50-17(2)39)29(35)53-20(5)42)54-31(45)32(6,46)12-11-22-21(10-9-13-37-22)30(44)49-14-33(23,7)55-36/h9-10,13,23,25-29,46-47H,11-12,14-15H2,1-8H3/t23-,25+,26+,27-,28+,29-,32?,33+,34+,35+,36-/m0/s1. The van der Waals surface area contributed by atoms with Crippen LogP contribution in [0.3, 0.4) is 0 Å². The van der Waals surface area contributed by atoms with Gasteiger partial charge in [-0.2, -0.15) is 0 Å². The van der Waals surface area contributed by atoms with E-state index in [4.69, 9.17) is 37.9 Å². The number of fused-ring (bicyclic) bond motifs is 5. The predicted octanol–water partition coefficient (Wildman–Crippen LogP) is -0.385. The van der Waals surface area contributed by atoms with Gasteiger partial charge in [-0.15, -0.1) is 0 Å². The van der Waals surface area contributed by atoms with E-state index in [1.54, 1.807) is 0 Å². The van der Waals surface area contributed by atoms with Crippen LogP contribution in [0.5, 0.6) is 0 Å². The lowest BCUT2D eigenvalue weighted by molar-refractivity contribution is -0.377. The van der Waals surface area contributed by atoms with Crippen LogP contribution in [0.4, 0.5) is 0 Å². The third-order valence-electron chi connectivity index (χ3n) is 10.7. The number of aryl methyl sites for hydroxylation is 1. The molecule has 5 rings (SSSR count). The molecule has 1 aromatic heterocycles. The second-order valence-electron chi connectivity index (χ2n) is 14.8. The first kappa shape index (κ1) is 41.2. The van der Waals surface area contributed by atoms with Crippen molar-refractivity contribution in [2.45, 2.75) is 121 Å². The van der Waals surface area contributed by atoms with E-state index in [9.17, 15) is 43.8 Å². The number of hydrogen-bond acceptors (Lipinski definition) is 19. The summed E-state index contributed by atoms with van der Waals surface area (Å²) in [6.45, 7) is 6.04. The molecule has 19 heteroatoms. The molecular weight excluding hydrogens is 734 g/mol. The monoisotopic (exact) mass is 777 g/mol. The van der Waals surface area contributed by atoms with Gasteiger partial charge in [0, 0.05) is 40.8 Å². The number of aliphatic hydroxyl groups is 2. The Kier molecular flexibility index (Phi) is 10.7. The number of carbonyl (C=O) groups excluding carboxylic acids is 8. The summed E-state index contributed by atoms with van der Waals surface area (Å²) in [6.07, 6.45) is -10.1. The minimum absolute atomic E-state index is 0.0907. The summed E-state index contributed by atoms with van der Waals surface area (Å²) in [5.74, 6) is -10.8. The van der Waals surface area contributed by atoms with Gasteiger partial charge >= 0.3 is 41.8 Å². The minimum Gasteiger partial charge on any atom is -0.465 e. The van der Waals surface area contributed by atoms with Gasteiger partial charge in [0.25, 0.3) is 0 Å². The van der Waals surface area contributed by atoms with Crippen molar-refractivity contribution in [3.05, 3.63) is 29.6 Å². The first-order valence-electron chi connectivity index (χ1n) is 17.3. The van der Waals surface area contributed by atoms with Gasteiger partial charge in [0.05, 0.1) is 17.2 Å². The summed E-state index contributed by atoms with van der Waals surface area (Å²) in [4.78, 5) is 112. The van der Waals surface area contributed by atoms with Crippen LogP contribution >= 0.6 is 0 Å². The van der Waals surface area contributed by atoms with Gasteiger partial charge in [0.15, 0.2) is 41.4 Å². The molecule has 19 nitrogen and oxygen atoms in total. The number of esters is 7. The number of cyclic esters (lactones) is 1. The first-order valence-corrected chi connectivity index (χ1v) is 17.3. The molecule has 1 unspecified atom stereocenters. The van der Waals surface area contributed by atoms with E-state index in [1.165, 1.54) is 25.3 Å². The minimum atomic E-state index is -2.93. The van der Waals surface area contributed by atoms with Gasteiger partial charge in [-0.1, -0.05) is 0 Å². The van der Waals surface area contributed by atoms with E-state index in [2.05, 4.69) is 4.98 Å². The summed E-state index contributed by atoms with van der Waals surface area (Å²) in [7, 11) is 0. The molecule has 3 heterocycles. The lowest BCUT2D eigenvalue weighted by Crippen LogP contribution is -2.88. The third kappa shape index (κ3) is 6.60. The lowest BCUT2D eigenvalue weighted by Gasteiger charge is -2.66. The molecular formula is C36H43NO18. The average molecular weight is 778 g/mol. The normalized spacial score (nSPS) is 38.2. The van der Waals surface area contributed by atoms with Crippen molar-refractivity contribution in [1.29, 1.82) is 0 Å². The summed E-state index contributed by atoms with van der Waals surface area (Å²) in [6, 6.07) is 2.79. The van der Waals surface area contributed by atoms with Crippen molar-refractivity contribution < 1.29 is 86.5 Å². The van der Waals surface area contributed by atoms with Crippen molar-refractivity contribution >= 4 is 47.6 Å². The zero-order valence-electron chi connectivity index (χ0n) is 31.4. The molecule has 0 radical (unpaired) electrons. The Balaban J connectivity index is 1.96. The summed E-state index contributed by atoms with van der Waals surface area (Å²) in [5, 5.41) is 24.7. The summed E-state index contributed by atoms with van der Waals surface area (Å²) < 4.78 is 46.8. The first-order chi connectivity index (χ1) is 25.5. The molecule has 2 aliphatic carbocycles. The fourth-order valence-electron chi connectivity index (χ4n) is 8.60. The topological polar surface area (TPSA) is 264 Å². The maximum absolute atomic E-state index is 15.1. The number of Topliss-reactive ketones (excluding diaryl/α,β-unsaturated/α-hetero) is 1. The van der Waals surface area contributed by atoms with Crippen LogP contribution in [0, 0.1) is 11.3 Å². The van der Waals surface area contributed by atoms with Crippen LogP contribution in [0.1, 0.15) is 77.9 Å². The molecule has 2 aliphatic heterocycles. The van der Waals surface area contributed by atoms with Gasteiger partial charge in [0.2, 0.25) is 0 Å². The highest BCUT2D eigenvalue weighted by Gasteiger charge is 2.91. The maximum atomic E-state index is 15.1. The predicted molar refractivity (Wildman–Crippen MR) is 176 cm³/mol. The molecule has 0 amide bonds. The molecule has 1 saturated heterocycles. The van der Waals surface area contributed by atoms with Crippen LogP contribution in [-0.2, 0) is 77.9 Å². The molecule has 2 saturated carbocycles. The van der Waals surface area contributed by atoms with E-state index < -0.39 is 131 Å². The molecule has 300 valence electrons. The van der Waals surface area contributed by atoms with Crippen molar-refractivity contribution in [2.75, 3.05) is 13.2 Å². The molecule has 55 heavy (non-hydrogen) atoms. The Bertz CT molecular complexity index is 1820. The quantitative estimate of drug-likeness (QED) is 0.275. The Morgan fingerprint density at radius 3 is 2.04 bits per heavy atom. The van der Waals surface area contributed by atoms with Crippen molar-refractivity contribution in [2.24, 2.45) is 11.3 Å². The third-order valence-corrected chi connectivity index (χ3v) is 10.7. The zero-order valence-corrected chi connectivity index (χ0v) is 31.4. The number of nitrogens with zero attached hydrogens (tertiary/aromatic N) is 1. The average Bonchev–Trinajstić information content (AvgIpc) is 3.30. The van der Waals surface area contributed by atoms with Crippen LogP contribution in [-0.4, -0.2) is 129 Å². The highest BCUT2D eigenvalue weighted by molar-refractivity contribution is 5.94. The summed E-state index contributed by atoms with van der Waals surface area (Å²) in [5.41, 5.74) is -13.1. The molecule has 1 aromatic rings. The molecule has 2 N–H and O–H groups in total. The van der Waals surface area contributed by atoms with Crippen LogP contribution in [0.15, 0.2) is 18.3 Å². The van der Waals surface area contributed by atoms with Gasteiger partial charge in [0.1, 0.15) is 35.9 Å². The van der Waals surface area contributed by atoms with E-state index in [1.807, 2.05) is 0 Å². The molecule has 0 aromatic carbocycles. The van der Waals surface area contributed by atoms with Crippen molar-refractivity contribution in [3.63, 3.8) is 0 Å². The fraction of sp³-hybridized carbons (Fsp3) is 0.639. The Morgan fingerprint density at radius 2 is 1.45 bits per heavy atom. The van der Waals surface area contributed by atoms with E-state index in [0.29, 0.717) is 0 Å². The Morgan fingerprint density at radius 1 is 0.855 bits per heavy atom. The Hall–Kier alpha value is -5.01. The fourth-order valence-corrected chi connectivity index (χ4v) is 8.60. The van der Waals surface area contributed by atoms with Crippen molar-refractivity contribution in [3.8, 4) is 0 Å². The molecule has 3 fully saturated rings. The highest BCUT2D eigenvalue weighted by atomic mass is 16.7. The van der Waals surface area contributed by atoms with Crippen LogP contribution < -0.4 is 0 Å². The van der Waals surface area contributed by atoms with Gasteiger partial charge in [-0.05, 0) is 45.7 Å². The largest absolute Gasteiger partial charge is 0.465 e. The number of ketones is 1. The zero-order chi connectivity index (χ0) is 41.1. The van der Waals surface area contributed by atoms with Crippen LogP contribution in [0.25, 0.3) is 0 Å². The SMILES string of the molecule is CC(=O)OC[C@]12[C@@H](OC(C)=O)C(=O)[C@H]3[C@@H](OC(C)=O)[C@@]14O[C@]3(C)COC(=O)c1cccnc1CCC(C)(O)C(=O)O[C@H]([C@@H](OC(C)=O)[C@@H]2OC(C)=O)[C@@]4(C)O. The van der Waals surface area contributed by atoms with Gasteiger partial charge in [-0.3, -0.25) is 33.8 Å². The molecule has 4 bridgehead atoms. The summed E-state index contributed by atoms with van der Waals surface area (Å²) >= 11 is 0. The number of carbonyl (C=O) groups is 8. The maximum Gasteiger partial charge on any atom is 0.340 e.